The first-order valence-electron chi connectivity index (χ1n) is 9.71. The van der Waals surface area contributed by atoms with Crippen LogP contribution in [0.25, 0.3) is 5.70 Å². The molecule has 0 aliphatic carbocycles. The van der Waals surface area contributed by atoms with Crippen LogP contribution >= 0.6 is 34.8 Å². The van der Waals surface area contributed by atoms with Gasteiger partial charge in [0.05, 0.1) is 6.04 Å². The molecular weight excluding hydrogens is 439 g/mol. The second-order valence-electron chi connectivity index (χ2n) is 7.22. The molecule has 30 heavy (non-hydrogen) atoms. The maximum Gasteiger partial charge on any atom is 0.120 e. The highest BCUT2D eigenvalue weighted by molar-refractivity contribution is 6.35. The van der Waals surface area contributed by atoms with Crippen LogP contribution in [-0.2, 0) is 6.42 Å². The number of halogens is 3. The zero-order valence-corrected chi connectivity index (χ0v) is 18.6. The minimum atomic E-state index is -0.288. The molecule has 1 heterocycles. The lowest BCUT2D eigenvalue weighted by molar-refractivity contribution is 0.419. The van der Waals surface area contributed by atoms with Gasteiger partial charge in [-0.2, -0.15) is 0 Å². The highest BCUT2D eigenvalue weighted by atomic mass is 35.5. The number of aromatic hydroxyl groups is 1. The molecule has 0 spiro atoms. The molecule has 1 aliphatic rings. The Labute approximate surface area is 191 Å². The van der Waals surface area contributed by atoms with E-state index in [1.54, 1.807) is 24.3 Å². The summed E-state index contributed by atoms with van der Waals surface area (Å²) < 4.78 is 0. The molecule has 0 saturated heterocycles. The Bertz CT molecular complexity index is 1100. The van der Waals surface area contributed by atoms with E-state index in [0.717, 1.165) is 23.2 Å². The summed E-state index contributed by atoms with van der Waals surface area (Å²) in [5, 5.41) is 19.2. The number of hydrogen-bond acceptors (Lipinski definition) is 3. The fourth-order valence-corrected chi connectivity index (χ4v) is 4.29. The van der Waals surface area contributed by atoms with E-state index in [-0.39, 0.29) is 18.0 Å². The molecule has 0 radical (unpaired) electrons. The molecule has 154 valence electrons. The van der Waals surface area contributed by atoms with Gasteiger partial charge < -0.3 is 10.4 Å². The van der Waals surface area contributed by atoms with Crippen molar-refractivity contribution in [3.63, 3.8) is 0 Å². The molecule has 0 bridgehead atoms. The van der Waals surface area contributed by atoms with E-state index in [9.17, 15) is 5.11 Å². The number of phenols is 1. The summed E-state index contributed by atoms with van der Waals surface area (Å²) in [6.07, 6.45) is 2.74. The third-order valence-corrected chi connectivity index (χ3v) is 6.05. The van der Waals surface area contributed by atoms with E-state index in [1.807, 2.05) is 18.2 Å². The van der Waals surface area contributed by atoms with E-state index in [2.05, 4.69) is 41.8 Å². The van der Waals surface area contributed by atoms with Crippen molar-refractivity contribution in [3.05, 3.63) is 104 Å². The molecule has 3 N–H and O–H groups in total. The van der Waals surface area contributed by atoms with Crippen LogP contribution in [0.15, 0.2) is 66.7 Å². The van der Waals surface area contributed by atoms with Crippen molar-refractivity contribution in [2.45, 2.75) is 25.6 Å². The SMILES string of the molecule is CCc1ccc(C2=CC(c3cc(Cl)ccc3O)NC(c3ccc(Cl)cc3Cl)N2)cc1. The van der Waals surface area contributed by atoms with Crippen molar-refractivity contribution >= 4 is 40.5 Å². The first-order chi connectivity index (χ1) is 14.4. The second-order valence-corrected chi connectivity index (χ2v) is 8.50. The van der Waals surface area contributed by atoms with Gasteiger partial charge in [0.15, 0.2) is 0 Å². The summed E-state index contributed by atoms with van der Waals surface area (Å²) >= 11 is 18.8. The van der Waals surface area contributed by atoms with Gasteiger partial charge >= 0.3 is 0 Å². The Kier molecular flexibility index (Phi) is 6.26. The number of hydrogen-bond donors (Lipinski definition) is 3. The Morgan fingerprint density at radius 1 is 0.867 bits per heavy atom. The van der Waals surface area contributed by atoms with Crippen molar-refractivity contribution in [3.8, 4) is 5.75 Å². The lowest BCUT2D eigenvalue weighted by Crippen LogP contribution is -2.39. The van der Waals surface area contributed by atoms with Crippen molar-refractivity contribution in [2.24, 2.45) is 0 Å². The number of aryl methyl sites for hydroxylation is 1. The van der Waals surface area contributed by atoms with Crippen LogP contribution in [0.3, 0.4) is 0 Å². The van der Waals surface area contributed by atoms with Crippen LogP contribution in [0.5, 0.6) is 5.75 Å². The van der Waals surface area contributed by atoms with Gasteiger partial charge in [-0.05, 0) is 54.0 Å². The third kappa shape index (κ3) is 4.45. The van der Waals surface area contributed by atoms with Crippen LogP contribution in [0.4, 0.5) is 0 Å². The Morgan fingerprint density at radius 2 is 1.57 bits per heavy atom. The average molecular weight is 460 g/mol. The summed E-state index contributed by atoms with van der Waals surface area (Å²) in [5.41, 5.74) is 4.83. The van der Waals surface area contributed by atoms with Crippen molar-refractivity contribution < 1.29 is 5.11 Å². The Balaban J connectivity index is 1.78. The topological polar surface area (TPSA) is 44.3 Å². The number of phenolic OH excluding ortho intramolecular Hbond substituents is 1. The van der Waals surface area contributed by atoms with Gasteiger partial charge in [0, 0.05) is 31.9 Å². The molecule has 0 fully saturated rings. The van der Waals surface area contributed by atoms with Gasteiger partial charge in [-0.15, -0.1) is 0 Å². The molecule has 2 atom stereocenters. The minimum Gasteiger partial charge on any atom is -0.508 e. The lowest BCUT2D eigenvalue weighted by Gasteiger charge is -2.34. The zero-order chi connectivity index (χ0) is 21.3. The van der Waals surface area contributed by atoms with E-state index in [1.165, 1.54) is 5.56 Å². The molecule has 6 heteroatoms. The predicted octanol–water partition coefficient (Wildman–Crippen LogP) is 6.89. The fourth-order valence-electron chi connectivity index (χ4n) is 3.60. The van der Waals surface area contributed by atoms with Crippen LogP contribution in [0.2, 0.25) is 15.1 Å². The van der Waals surface area contributed by atoms with Gasteiger partial charge in [0.1, 0.15) is 11.9 Å². The van der Waals surface area contributed by atoms with Crippen LogP contribution in [-0.4, -0.2) is 5.11 Å². The highest BCUT2D eigenvalue weighted by Gasteiger charge is 2.27. The van der Waals surface area contributed by atoms with Gasteiger partial charge in [-0.3, -0.25) is 5.32 Å². The molecular formula is C24H21Cl3N2O. The summed E-state index contributed by atoms with van der Waals surface area (Å²) in [6.45, 7) is 2.13. The van der Waals surface area contributed by atoms with Crippen molar-refractivity contribution in [2.75, 3.05) is 0 Å². The summed E-state index contributed by atoms with van der Waals surface area (Å²) in [5.74, 6) is 0.177. The number of nitrogens with one attached hydrogen (secondary N) is 2. The zero-order valence-electron chi connectivity index (χ0n) is 16.3. The number of benzene rings is 3. The van der Waals surface area contributed by atoms with Crippen molar-refractivity contribution in [1.82, 2.24) is 10.6 Å². The van der Waals surface area contributed by atoms with E-state index < -0.39 is 0 Å². The molecule has 1 aliphatic heterocycles. The summed E-state index contributed by atoms with van der Waals surface area (Å²) in [4.78, 5) is 0. The number of rotatable bonds is 4. The molecule has 0 amide bonds. The van der Waals surface area contributed by atoms with Crippen LogP contribution in [0.1, 0.15) is 41.4 Å². The average Bonchev–Trinajstić information content (AvgIpc) is 2.75. The molecule has 0 saturated carbocycles. The largest absolute Gasteiger partial charge is 0.508 e. The second kappa shape index (κ2) is 8.91. The van der Waals surface area contributed by atoms with Gasteiger partial charge in [-0.25, -0.2) is 0 Å². The third-order valence-electron chi connectivity index (χ3n) is 5.25. The maximum absolute atomic E-state index is 10.5. The highest BCUT2D eigenvalue weighted by Crippen LogP contribution is 2.36. The monoisotopic (exact) mass is 458 g/mol. The van der Waals surface area contributed by atoms with E-state index >= 15 is 0 Å². The summed E-state index contributed by atoms with van der Waals surface area (Å²) in [6, 6.07) is 18.6. The fraction of sp³-hybridized carbons (Fsp3) is 0.167. The molecule has 3 nitrogen and oxygen atoms in total. The van der Waals surface area contributed by atoms with E-state index in [0.29, 0.717) is 20.6 Å². The molecule has 2 unspecified atom stereocenters. The quantitative estimate of drug-likeness (QED) is 0.398. The van der Waals surface area contributed by atoms with Crippen LogP contribution < -0.4 is 10.6 Å². The minimum absolute atomic E-state index is 0.177. The van der Waals surface area contributed by atoms with Gasteiger partial charge in [0.25, 0.3) is 0 Å². The van der Waals surface area contributed by atoms with Gasteiger partial charge in [0.2, 0.25) is 0 Å². The molecule has 3 aromatic carbocycles. The smallest absolute Gasteiger partial charge is 0.120 e. The predicted molar refractivity (Wildman–Crippen MR) is 125 cm³/mol. The standard InChI is InChI=1S/C24H21Cl3N2O/c1-2-14-3-5-15(6-4-14)21-13-22(19-11-16(25)8-10-23(19)30)29-24(28-21)18-9-7-17(26)12-20(18)27/h3-13,22,24,28-30H,2H2,1H3. The molecule has 4 rings (SSSR count). The lowest BCUT2D eigenvalue weighted by atomic mass is 9.97. The Hall–Kier alpha value is -2.17. The summed E-state index contributed by atoms with van der Waals surface area (Å²) in [7, 11) is 0. The van der Waals surface area contributed by atoms with Crippen molar-refractivity contribution in [1.29, 1.82) is 0 Å². The van der Waals surface area contributed by atoms with Gasteiger partial charge in [-0.1, -0.05) is 72.1 Å². The maximum atomic E-state index is 10.5. The first-order valence-corrected chi connectivity index (χ1v) is 10.8. The Morgan fingerprint density at radius 3 is 2.27 bits per heavy atom. The van der Waals surface area contributed by atoms with E-state index in [4.69, 9.17) is 34.8 Å². The van der Waals surface area contributed by atoms with Crippen LogP contribution in [0, 0.1) is 0 Å². The first kappa shape index (κ1) is 21.1. The molecule has 0 aromatic heterocycles. The molecule has 3 aromatic rings. The normalized spacial score (nSPS) is 18.6.